The molecule has 1 amide bonds. The second-order valence-corrected chi connectivity index (χ2v) is 8.25. The van der Waals surface area contributed by atoms with Gasteiger partial charge in [0, 0.05) is 43.1 Å². The molecule has 3 rings (SSSR count). The maximum absolute atomic E-state index is 12.8. The van der Waals surface area contributed by atoms with E-state index in [1.54, 1.807) is 42.5 Å². The van der Waals surface area contributed by atoms with E-state index in [1.807, 2.05) is 7.05 Å². The number of halogens is 2. The third kappa shape index (κ3) is 5.59. The van der Waals surface area contributed by atoms with E-state index in [0.717, 1.165) is 0 Å². The molecular formula is C18H24Cl2N4O3S. The fourth-order valence-corrected chi connectivity index (χ4v) is 4.26. The second kappa shape index (κ2) is 10.1. The number of benzene rings is 2. The third-order valence-electron chi connectivity index (χ3n) is 4.34. The topological polar surface area (TPSA) is 95.7 Å². The minimum absolute atomic E-state index is 0. The lowest BCUT2D eigenvalue weighted by molar-refractivity contribution is 0.102. The summed E-state index contributed by atoms with van der Waals surface area (Å²) in [4.78, 5) is 14.6. The number of hydrogen-bond donors (Lipinski definition) is 2. The van der Waals surface area contributed by atoms with E-state index in [4.69, 9.17) is 5.73 Å². The molecule has 0 saturated carbocycles. The summed E-state index contributed by atoms with van der Waals surface area (Å²) in [6.45, 7) is 2.31. The van der Waals surface area contributed by atoms with Crippen molar-refractivity contribution in [1.82, 2.24) is 9.21 Å². The van der Waals surface area contributed by atoms with Crippen molar-refractivity contribution in [3.63, 3.8) is 0 Å². The fourth-order valence-electron chi connectivity index (χ4n) is 2.80. The SMILES string of the molecule is CN1CCN(S(=O)(=O)c2cccc(NC(=O)c3cccc(N)c3)c2)CC1.Cl.Cl. The highest BCUT2D eigenvalue weighted by atomic mass is 35.5. The van der Waals surface area contributed by atoms with Crippen LogP contribution in [-0.4, -0.2) is 56.8 Å². The molecule has 1 saturated heterocycles. The summed E-state index contributed by atoms with van der Waals surface area (Å²) in [6, 6.07) is 12.9. The Bertz CT molecular complexity index is 917. The number of carbonyl (C=O) groups is 1. The van der Waals surface area contributed by atoms with Crippen molar-refractivity contribution in [3.8, 4) is 0 Å². The lowest BCUT2D eigenvalue weighted by Gasteiger charge is -2.31. The molecule has 3 N–H and O–H groups in total. The quantitative estimate of drug-likeness (QED) is 0.702. The van der Waals surface area contributed by atoms with Crippen molar-refractivity contribution in [2.24, 2.45) is 0 Å². The van der Waals surface area contributed by atoms with E-state index in [2.05, 4.69) is 10.2 Å². The van der Waals surface area contributed by atoms with Crippen LogP contribution in [0.15, 0.2) is 53.4 Å². The molecule has 2 aromatic carbocycles. The van der Waals surface area contributed by atoms with Gasteiger partial charge in [-0.05, 0) is 43.4 Å². The number of likely N-dealkylation sites (N-methyl/N-ethyl adjacent to an activating group) is 1. The number of amides is 1. The predicted octanol–water partition coefficient (Wildman–Crippen LogP) is 2.30. The summed E-state index contributed by atoms with van der Waals surface area (Å²) in [6.07, 6.45) is 0. The lowest BCUT2D eigenvalue weighted by atomic mass is 10.2. The molecule has 154 valence electrons. The van der Waals surface area contributed by atoms with Gasteiger partial charge in [0.15, 0.2) is 0 Å². The first-order valence-corrected chi connectivity index (χ1v) is 9.76. The first-order chi connectivity index (χ1) is 12.4. The zero-order valence-corrected chi connectivity index (χ0v) is 17.8. The molecule has 0 atom stereocenters. The highest BCUT2D eigenvalue weighted by Crippen LogP contribution is 2.21. The fraction of sp³-hybridized carbons (Fsp3) is 0.278. The molecule has 2 aromatic rings. The van der Waals surface area contributed by atoms with Crippen molar-refractivity contribution in [2.45, 2.75) is 4.90 Å². The van der Waals surface area contributed by atoms with E-state index in [0.29, 0.717) is 43.1 Å². The van der Waals surface area contributed by atoms with Gasteiger partial charge >= 0.3 is 0 Å². The van der Waals surface area contributed by atoms with Crippen LogP contribution >= 0.6 is 24.8 Å². The lowest BCUT2D eigenvalue weighted by Crippen LogP contribution is -2.47. The molecule has 10 heteroatoms. The van der Waals surface area contributed by atoms with Crippen molar-refractivity contribution in [2.75, 3.05) is 44.3 Å². The Balaban J connectivity index is 0.00000196. The molecule has 0 aliphatic carbocycles. The molecule has 28 heavy (non-hydrogen) atoms. The summed E-state index contributed by atoms with van der Waals surface area (Å²) in [5, 5.41) is 2.72. The normalized spacial score (nSPS) is 15.2. The number of nitrogens with one attached hydrogen (secondary N) is 1. The van der Waals surface area contributed by atoms with Crippen LogP contribution in [0.5, 0.6) is 0 Å². The number of sulfonamides is 1. The zero-order chi connectivity index (χ0) is 18.7. The number of anilines is 2. The highest BCUT2D eigenvalue weighted by molar-refractivity contribution is 7.89. The first kappa shape index (κ1) is 24.2. The van der Waals surface area contributed by atoms with E-state index in [1.165, 1.54) is 10.4 Å². The summed E-state index contributed by atoms with van der Waals surface area (Å²) >= 11 is 0. The molecule has 0 spiro atoms. The van der Waals surface area contributed by atoms with Crippen LogP contribution in [0.2, 0.25) is 0 Å². The van der Waals surface area contributed by atoms with Crippen molar-refractivity contribution in [3.05, 3.63) is 54.1 Å². The maximum Gasteiger partial charge on any atom is 0.255 e. The van der Waals surface area contributed by atoms with Gasteiger partial charge in [0.2, 0.25) is 10.0 Å². The van der Waals surface area contributed by atoms with E-state index < -0.39 is 10.0 Å². The van der Waals surface area contributed by atoms with Gasteiger partial charge in [0.05, 0.1) is 4.90 Å². The summed E-state index contributed by atoms with van der Waals surface area (Å²) in [7, 11) is -1.61. The molecule has 7 nitrogen and oxygen atoms in total. The highest BCUT2D eigenvalue weighted by Gasteiger charge is 2.27. The van der Waals surface area contributed by atoms with Crippen LogP contribution < -0.4 is 11.1 Å². The minimum Gasteiger partial charge on any atom is -0.399 e. The number of nitrogens with two attached hydrogens (primary N) is 1. The van der Waals surface area contributed by atoms with Crippen LogP contribution in [0.4, 0.5) is 11.4 Å². The second-order valence-electron chi connectivity index (χ2n) is 6.31. The van der Waals surface area contributed by atoms with Crippen LogP contribution in [0, 0.1) is 0 Å². The maximum atomic E-state index is 12.8. The molecule has 1 heterocycles. The van der Waals surface area contributed by atoms with Gasteiger partial charge in [-0.2, -0.15) is 4.31 Å². The van der Waals surface area contributed by atoms with E-state index in [9.17, 15) is 13.2 Å². The van der Waals surface area contributed by atoms with Crippen LogP contribution in [0.25, 0.3) is 0 Å². The number of nitrogen functional groups attached to an aromatic ring is 1. The van der Waals surface area contributed by atoms with Gasteiger partial charge in [-0.3, -0.25) is 4.79 Å². The summed E-state index contributed by atoms with van der Waals surface area (Å²) in [5.74, 6) is -0.341. The standard InChI is InChI=1S/C18H22N4O3S.2ClH/c1-21-8-10-22(11-9-21)26(24,25)17-7-3-6-16(13-17)20-18(23)14-4-2-5-15(19)12-14;;/h2-7,12-13H,8-11,19H2,1H3,(H,20,23);2*1H. The smallest absolute Gasteiger partial charge is 0.255 e. The van der Waals surface area contributed by atoms with Crippen molar-refractivity contribution < 1.29 is 13.2 Å². The molecule has 1 aliphatic rings. The number of carbonyl (C=O) groups excluding carboxylic acids is 1. The van der Waals surface area contributed by atoms with Gasteiger partial charge in [-0.15, -0.1) is 24.8 Å². The average Bonchev–Trinajstić information content (AvgIpc) is 2.62. The molecule has 1 fully saturated rings. The van der Waals surface area contributed by atoms with Crippen LogP contribution in [0.1, 0.15) is 10.4 Å². The number of rotatable bonds is 4. The molecule has 0 unspecified atom stereocenters. The van der Waals surface area contributed by atoms with E-state index in [-0.39, 0.29) is 35.6 Å². The van der Waals surface area contributed by atoms with Gasteiger partial charge in [0.25, 0.3) is 5.91 Å². The third-order valence-corrected chi connectivity index (χ3v) is 6.24. The Kier molecular flexibility index (Phi) is 8.72. The Labute approximate surface area is 177 Å². The van der Waals surface area contributed by atoms with Gasteiger partial charge in [-0.1, -0.05) is 12.1 Å². The Morgan fingerprint density at radius 3 is 2.29 bits per heavy atom. The number of nitrogens with zero attached hydrogens (tertiary/aromatic N) is 2. The van der Waals surface area contributed by atoms with E-state index >= 15 is 0 Å². The predicted molar refractivity (Wildman–Crippen MR) is 116 cm³/mol. The van der Waals surface area contributed by atoms with Crippen LogP contribution in [0.3, 0.4) is 0 Å². The minimum atomic E-state index is -3.58. The van der Waals surface area contributed by atoms with Gasteiger partial charge in [-0.25, -0.2) is 8.42 Å². The van der Waals surface area contributed by atoms with Crippen molar-refractivity contribution in [1.29, 1.82) is 0 Å². The van der Waals surface area contributed by atoms with Crippen LogP contribution in [-0.2, 0) is 10.0 Å². The number of hydrogen-bond acceptors (Lipinski definition) is 5. The van der Waals surface area contributed by atoms with Crippen molar-refractivity contribution >= 4 is 52.1 Å². The first-order valence-electron chi connectivity index (χ1n) is 8.32. The zero-order valence-electron chi connectivity index (χ0n) is 15.4. The van der Waals surface area contributed by atoms with Gasteiger partial charge < -0.3 is 16.0 Å². The van der Waals surface area contributed by atoms with Gasteiger partial charge in [0.1, 0.15) is 0 Å². The monoisotopic (exact) mass is 446 g/mol. The largest absolute Gasteiger partial charge is 0.399 e. The summed E-state index contributed by atoms with van der Waals surface area (Å²) < 4.78 is 27.1. The average molecular weight is 447 g/mol. The molecule has 0 aromatic heterocycles. The Morgan fingerprint density at radius 2 is 1.64 bits per heavy atom. The summed E-state index contributed by atoms with van der Waals surface area (Å²) in [5.41, 5.74) is 7.02. The molecular weight excluding hydrogens is 423 g/mol. The number of piperazine rings is 1. The molecule has 0 bridgehead atoms. The Hall–Kier alpha value is -1.84. The Morgan fingerprint density at radius 1 is 1.00 bits per heavy atom. The molecule has 0 radical (unpaired) electrons. The molecule has 1 aliphatic heterocycles.